The average Bonchev–Trinajstić information content (AvgIpc) is 2.82. The van der Waals surface area contributed by atoms with E-state index in [9.17, 15) is 9.90 Å². The zero-order valence-corrected chi connectivity index (χ0v) is 11.4. The van der Waals surface area contributed by atoms with E-state index in [2.05, 4.69) is 5.32 Å². The molecule has 1 aromatic carbocycles. The van der Waals surface area contributed by atoms with Crippen molar-refractivity contribution in [1.29, 1.82) is 0 Å². The first-order valence-electron chi connectivity index (χ1n) is 6.54. The molecule has 6 heteroatoms. The Morgan fingerprint density at radius 3 is 3.20 bits per heavy atom. The van der Waals surface area contributed by atoms with Crippen molar-refractivity contribution in [3.05, 3.63) is 23.8 Å². The summed E-state index contributed by atoms with van der Waals surface area (Å²) in [6.45, 7) is 1.40. The molecule has 1 unspecified atom stereocenters. The zero-order chi connectivity index (χ0) is 14.4. The molecule has 2 N–H and O–H groups in total. The molecular weight excluding hydrogens is 262 g/mol. The summed E-state index contributed by atoms with van der Waals surface area (Å²) in [5.74, 6) is 0.975. The van der Waals surface area contributed by atoms with E-state index in [1.807, 2.05) is 0 Å². The molecule has 1 aliphatic heterocycles. The molecule has 0 saturated heterocycles. The Hall–Kier alpha value is -1.79. The summed E-state index contributed by atoms with van der Waals surface area (Å²) in [5, 5.41) is 12.3. The van der Waals surface area contributed by atoms with Gasteiger partial charge in [0.1, 0.15) is 24.2 Å². The molecule has 0 radical (unpaired) electrons. The molecule has 0 aromatic heterocycles. The SMILES string of the molecule is COCCCNC(=O)COc1ccc2c(c1)OCC2O. The molecule has 1 aromatic rings. The number of methoxy groups -OCH3 is 1. The normalized spacial score (nSPS) is 16.4. The highest BCUT2D eigenvalue weighted by molar-refractivity contribution is 5.77. The van der Waals surface area contributed by atoms with Gasteiger partial charge in [-0.25, -0.2) is 0 Å². The van der Waals surface area contributed by atoms with Gasteiger partial charge in [0.05, 0.1) is 0 Å². The molecule has 1 atom stereocenters. The molecule has 0 bridgehead atoms. The second kappa shape index (κ2) is 7.12. The Morgan fingerprint density at radius 1 is 1.55 bits per heavy atom. The van der Waals surface area contributed by atoms with E-state index in [1.165, 1.54) is 0 Å². The van der Waals surface area contributed by atoms with Crippen molar-refractivity contribution in [3.8, 4) is 11.5 Å². The van der Waals surface area contributed by atoms with Gasteiger partial charge >= 0.3 is 0 Å². The number of carbonyl (C=O) groups excluding carboxylic acids is 1. The molecule has 1 amide bonds. The number of rotatable bonds is 7. The molecule has 1 heterocycles. The standard InChI is InChI=1S/C14H19NO5/c1-18-6-2-5-15-14(17)9-19-10-3-4-11-12(16)8-20-13(11)7-10/h3-4,7,12,16H,2,5-6,8-9H2,1H3,(H,15,17). The molecule has 1 aliphatic rings. The van der Waals surface area contributed by atoms with Crippen LogP contribution in [0.4, 0.5) is 0 Å². The summed E-state index contributed by atoms with van der Waals surface area (Å²) in [4.78, 5) is 11.5. The minimum Gasteiger partial charge on any atom is -0.490 e. The third-order valence-corrected chi connectivity index (χ3v) is 2.96. The van der Waals surface area contributed by atoms with Crippen LogP contribution in [0.2, 0.25) is 0 Å². The lowest BCUT2D eigenvalue weighted by atomic mass is 10.1. The van der Waals surface area contributed by atoms with Crippen LogP contribution >= 0.6 is 0 Å². The van der Waals surface area contributed by atoms with Crippen molar-refractivity contribution < 1.29 is 24.1 Å². The van der Waals surface area contributed by atoms with Crippen LogP contribution in [-0.2, 0) is 9.53 Å². The van der Waals surface area contributed by atoms with E-state index in [0.717, 1.165) is 12.0 Å². The fourth-order valence-corrected chi connectivity index (χ4v) is 1.91. The van der Waals surface area contributed by atoms with E-state index in [0.29, 0.717) is 24.7 Å². The Balaban J connectivity index is 1.75. The molecular formula is C14H19NO5. The summed E-state index contributed by atoms with van der Waals surface area (Å²) in [7, 11) is 1.62. The highest BCUT2D eigenvalue weighted by Crippen LogP contribution is 2.34. The zero-order valence-electron chi connectivity index (χ0n) is 11.4. The largest absolute Gasteiger partial charge is 0.490 e. The molecule has 20 heavy (non-hydrogen) atoms. The van der Waals surface area contributed by atoms with E-state index in [4.69, 9.17) is 14.2 Å². The van der Waals surface area contributed by atoms with Gasteiger partial charge in [-0.15, -0.1) is 0 Å². The van der Waals surface area contributed by atoms with Crippen molar-refractivity contribution in [2.45, 2.75) is 12.5 Å². The maximum absolute atomic E-state index is 11.5. The number of nitrogens with one attached hydrogen (secondary N) is 1. The fourth-order valence-electron chi connectivity index (χ4n) is 1.91. The number of hydrogen-bond acceptors (Lipinski definition) is 5. The maximum Gasteiger partial charge on any atom is 0.257 e. The van der Waals surface area contributed by atoms with E-state index in [1.54, 1.807) is 25.3 Å². The van der Waals surface area contributed by atoms with Gasteiger partial charge < -0.3 is 24.6 Å². The number of aliphatic hydroxyl groups is 1. The second-order valence-electron chi connectivity index (χ2n) is 4.51. The number of amides is 1. The van der Waals surface area contributed by atoms with Gasteiger partial charge in [0.2, 0.25) is 0 Å². The molecule has 6 nitrogen and oxygen atoms in total. The smallest absolute Gasteiger partial charge is 0.257 e. The summed E-state index contributed by atoms with van der Waals surface area (Å²) in [5.41, 5.74) is 0.751. The first-order chi connectivity index (χ1) is 9.70. The lowest BCUT2D eigenvalue weighted by molar-refractivity contribution is -0.123. The van der Waals surface area contributed by atoms with Gasteiger partial charge in [-0.05, 0) is 18.6 Å². The second-order valence-corrected chi connectivity index (χ2v) is 4.51. The summed E-state index contributed by atoms with van der Waals surface area (Å²) < 4.78 is 15.6. The van der Waals surface area contributed by atoms with Gasteiger partial charge in [0, 0.05) is 31.9 Å². The van der Waals surface area contributed by atoms with E-state index in [-0.39, 0.29) is 19.1 Å². The maximum atomic E-state index is 11.5. The number of benzene rings is 1. The van der Waals surface area contributed by atoms with Crippen molar-refractivity contribution in [3.63, 3.8) is 0 Å². The monoisotopic (exact) mass is 281 g/mol. The van der Waals surface area contributed by atoms with Crippen LogP contribution < -0.4 is 14.8 Å². The van der Waals surface area contributed by atoms with Gasteiger partial charge in [-0.1, -0.05) is 0 Å². The topological polar surface area (TPSA) is 77.0 Å². The first kappa shape index (κ1) is 14.6. The molecule has 0 saturated carbocycles. The number of ether oxygens (including phenoxy) is 3. The minimum absolute atomic E-state index is 0.0473. The van der Waals surface area contributed by atoms with Crippen LogP contribution in [-0.4, -0.2) is 44.5 Å². The van der Waals surface area contributed by atoms with Crippen LogP contribution in [0.15, 0.2) is 18.2 Å². The Kier molecular flexibility index (Phi) is 5.20. The van der Waals surface area contributed by atoms with Gasteiger partial charge in [0.25, 0.3) is 5.91 Å². The van der Waals surface area contributed by atoms with Crippen LogP contribution in [0, 0.1) is 0 Å². The first-order valence-corrected chi connectivity index (χ1v) is 6.54. The van der Waals surface area contributed by atoms with Gasteiger partial charge in [-0.3, -0.25) is 4.79 Å². The molecule has 110 valence electrons. The quantitative estimate of drug-likeness (QED) is 0.717. The number of hydrogen-bond donors (Lipinski definition) is 2. The number of fused-ring (bicyclic) bond motifs is 1. The highest BCUT2D eigenvalue weighted by atomic mass is 16.5. The van der Waals surface area contributed by atoms with Gasteiger partial charge in [-0.2, -0.15) is 0 Å². The summed E-state index contributed by atoms with van der Waals surface area (Å²) in [6, 6.07) is 5.15. The van der Waals surface area contributed by atoms with E-state index >= 15 is 0 Å². The minimum atomic E-state index is -0.580. The number of carbonyl (C=O) groups is 1. The Labute approximate surface area is 117 Å². The summed E-state index contributed by atoms with van der Waals surface area (Å²) >= 11 is 0. The lowest BCUT2D eigenvalue weighted by Gasteiger charge is -2.08. The average molecular weight is 281 g/mol. The third-order valence-electron chi connectivity index (χ3n) is 2.96. The van der Waals surface area contributed by atoms with Crippen molar-refractivity contribution in [1.82, 2.24) is 5.32 Å². The van der Waals surface area contributed by atoms with Crippen LogP contribution in [0.5, 0.6) is 11.5 Å². The predicted molar refractivity (Wildman–Crippen MR) is 71.9 cm³/mol. The molecule has 0 fully saturated rings. The van der Waals surface area contributed by atoms with Crippen molar-refractivity contribution in [2.24, 2.45) is 0 Å². The molecule has 2 rings (SSSR count). The Bertz CT molecular complexity index is 463. The van der Waals surface area contributed by atoms with Crippen LogP contribution in [0.1, 0.15) is 18.1 Å². The fraction of sp³-hybridized carbons (Fsp3) is 0.500. The predicted octanol–water partition coefficient (Wildman–Crippen LogP) is 0.644. The molecule has 0 aliphatic carbocycles. The van der Waals surface area contributed by atoms with Crippen LogP contribution in [0.3, 0.4) is 0 Å². The molecule has 0 spiro atoms. The van der Waals surface area contributed by atoms with Crippen molar-refractivity contribution >= 4 is 5.91 Å². The van der Waals surface area contributed by atoms with Crippen LogP contribution in [0.25, 0.3) is 0 Å². The number of aliphatic hydroxyl groups excluding tert-OH is 1. The van der Waals surface area contributed by atoms with E-state index < -0.39 is 6.10 Å². The lowest BCUT2D eigenvalue weighted by Crippen LogP contribution is -2.30. The van der Waals surface area contributed by atoms with Crippen molar-refractivity contribution in [2.75, 3.05) is 33.5 Å². The Morgan fingerprint density at radius 2 is 2.40 bits per heavy atom. The summed E-state index contributed by atoms with van der Waals surface area (Å²) in [6.07, 6.45) is 0.190. The van der Waals surface area contributed by atoms with Gasteiger partial charge in [0.15, 0.2) is 6.61 Å². The highest BCUT2D eigenvalue weighted by Gasteiger charge is 2.22. The third kappa shape index (κ3) is 3.85.